The predicted molar refractivity (Wildman–Crippen MR) is 94.6 cm³/mol. The van der Waals surface area contributed by atoms with E-state index >= 15 is 0 Å². The molecule has 2 amide bonds. The second kappa shape index (κ2) is 8.13. The fourth-order valence-electron chi connectivity index (χ4n) is 3.03. The molecule has 1 saturated heterocycles. The number of aliphatic hydroxyl groups excluding tert-OH is 1. The second-order valence-electron chi connectivity index (χ2n) is 7.22. The van der Waals surface area contributed by atoms with Crippen molar-refractivity contribution in [3.05, 3.63) is 22.4 Å². The summed E-state index contributed by atoms with van der Waals surface area (Å²) in [6.07, 6.45) is 0.338. The molecule has 2 rings (SSSR count). The van der Waals surface area contributed by atoms with Crippen LogP contribution in [0.3, 0.4) is 0 Å². The molecule has 0 saturated carbocycles. The van der Waals surface area contributed by atoms with Gasteiger partial charge in [-0.3, -0.25) is 4.90 Å². The lowest BCUT2D eigenvalue weighted by atomic mass is 9.87. The number of hydrogen-bond acceptors (Lipinski definition) is 4. The SMILES string of the molecule is CC(O)CC(C)(C)CNC(=O)N1CCN(Cc2cccs2)CC1. The molecule has 5 nitrogen and oxygen atoms in total. The Labute approximate surface area is 143 Å². The maximum absolute atomic E-state index is 12.3. The van der Waals surface area contributed by atoms with Crippen molar-refractivity contribution in [2.75, 3.05) is 32.7 Å². The zero-order valence-electron chi connectivity index (χ0n) is 14.4. The van der Waals surface area contributed by atoms with Gasteiger partial charge in [-0.05, 0) is 30.2 Å². The molecule has 130 valence electrons. The Morgan fingerprint density at radius 2 is 2.09 bits per heavy atom. The summed E-state index contributed by atoms with van der Waals surface area (Å²) >= 11 is 1.78. The zero-order chi connectivity index (χ0) is 16.9. The van der Waals surface area contributed by atoms with Gasteiger partial charge in [0.05, 0.1) is 6.10 Å². The van der Waals surface area contributed by atoms with Crippen molar-refractivity contribution >= 4 is 17.4 Å². The van der Waals surface area contributed by atoms with Gasteiger partial charge in [-0.25, -0.2) is 4.79 Å². The summed E-state index contributed by atoms with van der Waals surface area (Å²) in [5.74, 6) is 0. The molecule has 0 spiro atoms. The van der Waals surface area contributed by atoms with Crippen LogP contribution in [-0.4, -0.2) is 59.8 Å². The van der Waals surface area contributed by atoms with Gasteiger partial charge in [0.15, 0.2) is 0 Å². The first-order valence-corrected chi connectivity index (χ1v) is 9.19. The average molecular weight is 340 g/mol. The number of thiophene rings is 1. The Morgan fingerprint density at radius 1 is 1.39 bits per heavy atom. The highest BCUT2D eigenvalue weighted by molar-refractivity contribution is 7.09. The molecule has 0 aliphatic carbocycles. The van der Waals surface area contributed by atoms with Gasteiger partial charge >= 0.3 is 6.03 Å². The molecule has 1 aliphatic rings. The van der Waals surface area contributed by atoms with Crippen molar-refractivity contribution in [2.45, 2.75) is 39.8 Å². The molecular weight excluding hydrogens is 310 g/mol. The van der Waals surface area contributed by atoms with E-state index in [1.807, 2.05) is 4.90 Å². The molecule has 0 radical (unpaired) electrons. The van der Waals surface area contributed by atoms with Crippen LogP contribution in [0.25, 0.3) is 0 Å². The maximum Gasteiger partial charge on any atom is 0.317 e. The minimum absolute atomic E-state index is 0.0134. The van der Waals surface area contributed by atoms with Gasteiger partial charge < -0.3 is 15.3 Å². The number of nitrogens with zero attached hydrogens (tertiary/aromatic N) is 2. The Hall–Kier alpha value is -1.11. The molecular formula is C17H29N3O2S. The van der Waals surface area contributed by atoms with Crippen LogP contribution in [-0.2, 0) is 6.54 Å². The molecule has 1 aliphatic heterocycles. The van der Waals surface area contributed by atoms with Crippen LogP contribution in [0.4, 0.5) is 4.79 Å². The Kier molecular flexibility index (Phi) is 6.44. The van der Waals surface area contributed by atoms with E-state index in [1.165, 1.54) is 4.88 Å². The summed E-state index contributed by atoms with van der Waals surface area (Å²) in [6, 6.07) is 4.26. The highest BCUT2D eigenvalue weighted by atomic mass is 32.1. The van der Waals surface area contributed by atoms with E-state index in [4.69, 9.17) is 0 Å². The molecule has 23 heavy (non-hydrogen) atoms. The number of rotatable bonds is 6. The van der Waals surface area contributed by atoms with E-state index in [-0.39, 0.29) is 17.6 Å². The number of piperazine rings is 1. The second-order valence-corrected chi connectivity index (χ2v) is 8.25. The third-order valence-electron chi connectivity index (χ3n) is 4.19. The van der Waals surface area contributed by atoms with Gasteiger partial charge in [0.2, 0.25) is 0 Å². The van der Waals surface area contributed by atoms with Crippen molar-refractivity contribution in [2.24, 2.45) is 5.41 Å². The minimum atomic E-state index is -0.345. The standard InChI is InChI=1S/C17H29N3O2S/c1-14(21)11-17(2,3)13-18-16(22)20-8-6-19(7-9-20)12-15-5-4-10-23-15/h4-5,10,14,21H,6-9,11-13H2,1-3H3,(H,18,22). The van der Waals surface area contributed by atoms with Crippen LogP contribution in [0.2, 0.25) is 0 Å². The first-order valence-electron chi connectivity index (χ1n) is 8.31. The third-order valence-corrected chi connectivity index (χ3v) is 5.05. The summed E-state index contributed by atoms with van der Waals surface area (Å²) in [4.78, 5) is 18.0. The van der Waals surface area contributed by atoms with E-state index in [1.54, 1.807) is 18.3 Å². The summed E-state index contributed by atoms with van der Waals surface area (Å²) in [7, 11) is 0. The quantitative estimate of drug-likeness (QED) is 0.837. The number of aliphatic hydroxyl groups is 1. The highest BCUT2D eigenvalue weighted by Gasteiger charge is 2.25. The summed E-state index contributed by atoms with van der Waals surface area (Å²) in [5, 5.41) is 14.6. The molecule has 2 N–H and O–H groups in total. The molecule has 1 aromatic rings. The normalized spacial score (nSPS) is 18.0. The van der Waals surface area contributed by atoms with Gasteiger partial charge in [0.25, 0.3) is 0 Å². The first-order chi connectivity index (χ1) is 10.9. The number of carbonyl (C=O) groups excluding carboxylic acids is 1. The van der Waals surface area contributed by atoms with Crippen molar-refractivity contribution in [3.8, 4) is 0 Å². The van der Waals surface area contributed by atoms with E-state index in [0.29, 0.717) is 13.0 Å². The average Bonchev–Trinajstić information content (AvgIpc) is 2.97. The smallest absolute Gasteiger partial charge is 0.317 e. The Balaban J connectivity index is 1.71. The predicted octanol–water partition coefficient (Wildman–Crippen LogP) is 2.37. The van der Waals surface area contributed by atoms with Gasteiger partial charge in [-0.2, -0.15) is 0 Å². The number of urea groups is 1. The number of carbonyl (C=O) groups is 1. The number of nitrogens with one attached hydrogen (secondary N) is 1. The molecule has 0 aromatic carbocycles. The number of amides is 2. The monoisotopic (exact) mass is 339 g/mol. The molecule has 0 bridgehead atoms. The van der Waals surface area contributed by atoms with Crippen molar-refractivity contribution in [1.29, 1.82) is 0 Å². The lowest BCUT2D eigenvalue weighted by Gasteiger charge is -2.35. The highest BCUT2D eigenvalue weighted by Crippen LogP contribution is 2.21. The van der Waals surface area contributed by atoms with E-state index in [0.717, 1.165) is 32.7 Å². The van der Waals surface area contributed by atoms with Gasteiger partial charge in [0, 0.05) is 44.1 Å². The van der Waals surface area contributed by atoms with Crippen molar-refractivity contribution in [1.82, 2.24) is 15.1 Å². The third kappa shape index (κ3) is 6.12. The maximum atomic E-state index is 12.3. The van der Waals surface area contributed by atoms with Gasteiger partial charge in [-0.1, -0.05) is 19.9 Å². The number of hydrogen-bond donors (Lipinski definition) is 2. The fraction of sp³-hybridized carbons (Fsp3) is 0.706. The van der Waals surface area contributed by atoms with Crippen LogP contribution in [0.15, 0.2) is 17.5 Å². The molecule has 2 heterocycles. The van der Waals surface area contributed by atoms with E-state index in [2.05, 4.69) is 41.6 Å². The summed E-state index contributed by atoms with van der Waals surface area (Å²) < 4.78 is 0. The van der Waals surface area contributed by atoms with Crippen LogP contribution in [0.5, 0.6) is 0 Å². The first kappa shape index (κ1) is 18.2. The Bertz CT molecular complexity index is 480. The van der Waals surface area contributed by atoms with Crippen LogP contribution < -0.4 is 5.32 Å². The lowest BCUT2D eigenvalue weighted by molar-refractivity contribution is 0.118. The molecule has 1 atom stereocenters. The molecule has 1 unspecified atom stereocenters. The molecule has 1 fully saturated rings. The van der Waals surface area contributed by atoms with Crippen LogP contribution >= 0.6 is 11.3 Å². The summed E-state index contributed by atoms with van der Waals surface area (Å²) in [5.41, 5.74) is -0.0924. The van der Waals surface area contributed by atoms with Gasteiger partial charge in [-0.15, -0.1) is 11.3 Å². The zero-order valence-corrected chi connectivity index (χ0v) is 15.2. The fourth-order valence-corrected chi connectivity index (χ4v) is 3.78. The van der Waals surface area contributed by atoms with Gasteiger partial charge in [0.1, 0.15) is 0 Å². The van der Waals surface area contributed by atoms with E-state index < -0.39 is 0 Å². The van der Waals surface area contributed by atoms with Crippen molar-refractivity contribution in [3.63, 3.8) is 0 Å². The topological polar surface area (TPSA) is 55.8 Å². The van der Waals surface area contributed by atoms with Crippen LogP contribution in [0, 0.1) is 5.41 Å². The summed E-state index contributed by atoms with van der Waals surface area (Å²) in [6.45, 7) is 10.9. The van der Waals surface area contributed by atoms with E-state index in [9.17, 15) is 9.90 Å². The van der Waals surface area contributed by atoms with Crippen LogP contribution in [0.1, 0.15) is 32.1 Å². The lowest BCUT2D eigenvalue weighted by Crippen LogP contribution is -2.52. The molecule has 1 aromatic heterocycles. The Morgan fingerprint density at radius 3 is 2.65 bits per heavy atom. The van der Waals surface area contributed by atoms with Crippen molar-refractivity contribution < 1.29 is 9.90 Å². The largest absolute Gasteiger partial charge is 0.393 e. The molecule has 6 heteroatoms. The minimum Gasteiger partial charge on any atom is -0.393 e.